The zero-order valence-electron chi connectivity index (χ0n) is 16.4. The fourth-order valence-corrected chi connectivity index (χ4v) is 4.00. The molecule has 7 heteroatoms. The summed E-state index contributed by atoms with van der Waals surface area (Å²) < 4.78 is 33.3. The van der Waals surface area contributed by atoms with Gasteiger partial charge in [-0.3, -0.25) is 9.52 Å². The second-order valence-electron chi connectivity index (χ2n) is 6.61. The summed E-state index contributed by atoms with van der Waals surface area (Å²) in [6.45, 7) is 3.88. The van der Waals surface area contributed by atoms with Gasteiger partial charge in [0.25, 0.3) is 15.9 Å². The number of rotatable bonds is 6. The molecule has 3 aromatic carbocycles. The Kier molecular flexibility index (Phi) is 5.89. The molecule has 0 spiro atoms. The Hall–Kier alpha value is -3.32. The van der Waals surface area contributed by atoms with Gasteiger partial charge in [0.15, 0.2) is 0 Å². The van der Waals surface area contributed by atoms with E-state index in [0.29, 0.717) is 17.1 Å². The normalized spacial score (nSPS) is 11.0. The maximum atomic E-state index is 12.8. The maximum absolute atomic E-state index is 12.8. The second kappa shape index (κ2) is 8.36. The number of ether oxygens (including phenoxy) is 1. The lowest BCUT2D eigenvalue weighted by atomic mass is 10.1. The number of aryl methyl sites for hydroxylation is 2. The van der Waals surface area contributed by atoms with Crippen LogP contribution in [0.5, 0.6) is 5.75 Å². The number of benzene rings is 3. The summed E-state index contributed by atoms with van der Waals surface area (Å²) in [6.07, 6.45) is 0. The molecule has 0 bridgehead atoms. The van der Waals surface area contributed by atoms with Crippen LogP contribution in [0, 0.1) is 13.8 Å². The third-order valence-electron chi connectivity index (χ3n) is 4.39. The number of sulfonamides is 1. The highest BCUT2D eigenvalue weighted by molar-refractivity contribution is 7.92. The van der Waals surface area contributed by atoms with Crippen molar-refractivity contribution in [1.82, 2.24) is 0 Å². The minimum atomic E-state index is -3.90. The van der Waals surface area contributed by atoms with Gasteiger partial charge in [-0.15, -0.1) is 0 Å². The Morgan fingerprint density at radius 2 is 1.66 bits per heavy atom. The number of anilines is 2. The van der Waals surface area contributed by atoms with E-state index in [9.17, 15) is 13.2 Å². The molecular weight excluding hydrogens is 388 g/mol. The molecular formula is C22H22N2O4S. The first kappa shape index (κ1) is 20.4. The second-order valence-corrected chi connectivity index (χ2v) is 8.29. The third-order valence-corrected chi connectivity index (χ3v) is 5.75. The van der Waals surface area contributed by atoms with Crippen LogP contribution in [-0.4, -0.2) is 21.4 Å². The van der Waals surface area contributed by atoms with Crippen molar-refractivity contribution >= 4 is 27.3 Å². The van der Waals surface area contributed by atoms with Gasteiger partial charge in [-0.25, -0.2) is 8.42 Å². The Morgan fingerprint density at radius 3 is 2.38 bits per heavy atom. The van der Waals surface area contributed by atoms with Gasteiger partial charge >= 0.3 is 0 Å². The Bertz CT molecular complexity index is 1160. The van der Waals surface area contributed by atoms with Crippen LogP contribution in [0.4, 0.5) is 11.4 Å². The van der Waals surface area contributed by atoms with Gasteiger partial charge in [-0.05, 0) is 55.8 Å². The van der Waals surface area contributed by atoms with Crippen LogP contribution in [0.2, 0.25) is 0 Å². The number of amides is 1. The molecule has 0 unspecified atom stereocenters. The zero-order valence-corrected chi connectivity index (χ0v) is 17.2. The lowest BCUT2D eigenvalue weighted by Gasteiger charge is -2.13. The predicted molar refractivity (Wildman–Crippen MR) is 114 cm³/mol. The van der Waals surface area contributed by atoms with Gasteiger partial charge < -0.3 is 10.1 Å². The monoisotopic (exact) mass is 410 g/mol. The summed E-state index contributed by atoms with van der Waals surface area (Å²) in [5.74, 6) is 0.0195. The smallest absolute Gasteiger partial charge is 0.262 e. The summed E-state index contributed by atoms with van der Waals surface area (Å²) in [5, 5.41) is 2.83. The third kappa shape index (κ3) is 4.75. The number of carbonyl (C=O) groups is 1. The molecule has 0 atom stereocenters. The standard InChI is InChI=1S/C22H22N2O4S/c1-15-11-12-19(16(2)13-15)23-22(25)17-7-6-8-18(14-17)29(26,27)24-20-9-4-5-10-21(20)28-3/h4-14,24H,1-3H3,(H,23,25). The van der Waals surface area contributed by atoms with Crippen LogP contribution >= 0.6 is 0 Å². The number of carbonyl (C=O) groups excluding carboxylic acids is 1. The van der Waals surface area contributed by atoms with Gasteiger partial charge in [-0.2, -0.15) is 0 Å². The van der Waals surface area contributed by atoms with Crippen molar-refractivity contribution in [3.8, 4) is 5.75 Å². The highest BCUT2D eigenvalue weighted by Crippen LogP contribution is 2.26. The SMILES string of the molecule is COc1ccccc1NS(=O)(=O)c1cccc(C(=O)Nc2ccc(C)cc2C)c1. The molecule has 0 heterocycles. The van der Waals surface area contributed by atoms with Crippen LogP contribution in [0.25, 0.3) is 0 Å². The lowest BCUT2D eigenvalue weighted by molar-refractivity contribution is 0.102. The lowest BCUT2D eigenvalue weighted by Crippen LogP contribution is -2.16. The fraction of sp³-hybridized carbons (Fsp3) is 0.136. The van der Waals surface area contributed by atoms with Crippen LogP contribution in [0.1, 0.15) is 21.5 Å². The molecule has 2 N–H and O–H groups in total. The minimum absolute atomic E-state index is 0.0170. The largest absolute Gasteiger partial charge is 0.495 e. The van der Waals surface area contributed by atoms with Crippen LogP contribution in [-0.2, 0) is 10.0 Å². The van der Waals surface area contributed by atoms with E-state index < -0.39 is 10.0 Å². The summed E-state index contributed by atoms with van der Waals surface area (Å²) in [4.78, 5) is 12.6. The zero-order chi connectivity index (χ0) is 21.0. The van der Waals surface area contributed by atoms with Gasteiger partial charge in [0.1, 0.15) is 5.75 Å². The van der Waals surface area contributed by atoms with Crippen molar-refractivity contribution < 1.29 is 17.9 Å². The van der Waals surface area contributed by atoms with Crippen molar-refractivity contribution in [1.29, 1.82) is 0 Å². The van der Waals surface area contributed by atoms with E-state index in [1.165, 1.54) is 25.3 Å². The molecule has 3 aromatic rings. The molecule has 3 rings (SSSR count). The van der Waals surface area contributed by atoms with E-state index in [1.807, 2.05) is 32.0 Å². The van der Waals surface area contributed by atoms with E-state index in [0.717, 1.165) is 11.1 Å². The number of hydrogen-bond donors (Lipinski definition) is 2. The molecule has 0 aliphatic heterocycles. The average Bonchev–Trinajstić information content (AvgIpc) is 2.70. The number of hydrogen-bond acceptors (Lipinski definition) is 4. The van der Waals surface area contributed by atoms with Crippen molar-refractivity contribution in [3.63, 3.8) is 0 Å². The van der Waals surface area contributed by atoms with Crippen molar-refractivity contribution in [2.45, 2.75) is 18.7 Å². The molecule has 6 nitrogen and oxygen atoms in total. The van der Waals surface area contributed by atoms with E-state index in [2.05, 4.69) is 10.0 Å². The summed E-state index contributed by atoms with van der Waals surface area (Å²) in [7, 11) is -2.44. The van der Waals surface area contributed by atoms with Gasteiger partial charge in [0.2, 0.25) is 0 Å². The molecule has 0 aromatic heterocycles. The molecule has 29 heavy (non-hydrogen) atoms. The fourth-order valence-electron chi connectivity index (χ4n) is 2.89. The first-order valence-electron chi connectivity index (χ1n) is 8.94. The van der Waals surface area contributed by atoms with E-state index in [4.69, 9.17) is 4.74 Å². The highest BCUT2D eigenvalue weighted by atomic mass is 32.2. The molecule has 150 valence electrons. The molecule has 0 aliphatic rings. The maximum Gasteiger partial charge on any atom is 0.262 e. The minimum Gasteiger partial charge on any atom is -0.495 e. The number of nitrogens with one attached hydrogen (secondary N) is 2. The van der Waals surface area contributed by atoms with E-state index in [-0.39, 0.29) is 16.4 Å². The van der Waals surface area contributed by atoms with Gasteiger partial charge in [0.05, 0.1) is 17.7 Å². The van der Waals surface area contributed by atoms with Crippen LogP contribution in [0.3, 0.4) is 0 Å². The average molecular weight is 410 g/mol. The van der Waals surface area contributed by atoms with E-state index >= 15 is 0 Å². The van der Waals surface area contributed by atoms with Gasteiger partial charge in [0, 0.05) is 11.3 Å². The number of methoxy groups -OCH3 is 1. The van der Waals surface area contributed by atoms with Crippen molar-refractivity contribution in [2.75, 3.05) is 17.1 Å². The first-order valence-corrected chi connectivity index (χ1v) is 10.4. The Balaban J connectivity index is 1.85. The summed E-state index contributed by atoms with van der Waals surface area (Å²) >= 11 is 0. The van der Waals surface area contributed by atoms with Crippen LogP contribution in [0.15, 0.2) is 71.6 Å². The van der Waals surface area contributed by atoms with Crippen molar-refractivity contribution in [2.24, 2.45) is 0 Å². The topological polar surface area (TPSA) is 84.5 Å². The number of para-hydroxylation sites is 2. The molecule has 0 radical (unpaired) electrons. The molecule has 0 fully saturated rings. The molecule has 1 amide bonds. The van der Waals surface area contributed by atoms with Crippen LogP contribution < -0.4 is 14.8 Å². The Labute approximate surface area is 170 Å². The van der Waals surface area contributed by atoms with E-state index in [1.54, 1.807) is 30.3 Å². The predicted octanol–water partition coefficient (Wildman–Crippen LogP) is 4.37. The molecule has 0 saturated heterocycles. The summed E-state index contributed by atoms with van der Waals surface area (Å²) in [5.41, 5.74) is 3.27. The first-order chi connectivity index (χ1) is 13.8. The quantitative estimate of drug-likeness (QED) is 0.632. The molecule has 0 saturated carbocycles. The van der Waals surface area contributed by atoms with Crippen molar-refractivity contribution in [3.05, 3.63) is 83.4 Å². The van der Waals surface area contributed by atoms with Gasteiger partial charge in [-0.1, -0.05) is 35.9 Å². The summed E-state index contributed by atoms with van der Waals surface area (Å²) in [6, 6.07) is 18.3. The molecule has 0 aliphatic carbocycles. The Morgan fingerprint density at radius 1 is 0.897 bits per heavy atom. The highest BCUT2D eigenvalue weighted by Gasteiger charge is 2.18.